The van der Waals surface area contributed by atoms with Gasteiger partial charge in [-0.2, -0.15) is 0 Å². The van der Waals surface area contributed by atoms with Gasteiger partial charge in [0.1, 0.15) is 0 Å². The molecule has 2 saturated heterocycles. The fourth-order valence-corrected chi connectivity index (χ4v) is 4.11. The first kappa shape index (κ1) is 14.4. The molecular formula is C17H25ClN2. The molecule has 110 valence electrons. The van der Waals surface area contributed by atoms with E-state index in [1.807, 2.05) is 12.1 Å². The highest BCUT2D eigenvalue weighted by atomic mass is 35.5. The van der Waals surface area contributed by atoms with Crippen LogP contribution in [0.15, 0.2) is 24.3 Å². The summed E-state index contributed by atoms with van der Waals surface area (Å²) in [6.45, 7) is 1.20. The maximum absolute atomic E-state index is 5.95. The van der Waals surface area contributed by atoms with Gasteiger partial charge in [-0.05, 0) is 56.8 Å². The van der Waals surface area contributed by atoms with E-state index in [4.69, 9.17) is 11.6 Å². The number of piperidine rings is 2. The minimum Gasteiger partial charge on any atom is -0.317 e. The van der Waals surface area contributed by atoms with Gasteiger partial charge in [0.15, 0.2) is 0 Å². The Balaban J connectivity index is 1.60. The number of nitrogens with one attached hydrogen (secondary N) is 1. The minimum atomic E-state index is 0.733. The Labute approximate surface area is 127 Å². The van der Waals surface area contributed by atoms with Crippen LogP contribution in [0.5, 0.6) is 0 Å². The third-order valence-electron chi connectivity index (χ3n) is 5.11. The third-order valence-corrected chi connectivity index (χ3v) is 5.36. The number of benzene rings is 1. The van der Waals surface area contributed by atoms with Crippen LogP contribution >= 0.6 is 11.6 Å². The van der Waals surface area contributed by atoms with Crippen molar-refractivity contribution in [3.63, 3.8) is 0 Å². The Kier molecular flexibility index (Phi) is 4.65. The number of hydrogen-bond acceptors (Lipinski definition) is 2. The van der Waals surface area contributed by atoms with Crippen LogP contribution in [0.25, 0.3) is 0 Å². The van der Waals surface area contributed by atoms with Crippen LogP contribution in [0.1, 0.15) is 37.7 Å². The van der Waals surface area contributed by atoms with Crippen LogP contribution < -0.4 is 5.32 Å². The van der Waals surface area contributed by atoms with Crippen molar-refractivity contribution in [1.82, 2.24) is 10.2 Å². The number of hydrogen-bond donors (Lipinski definition) is 1. The lowest BCUT2D eigenvalue weighted by Gasteiger charge is -2.49. The third kappa shape index (κ3) is 3.19. The van der Waals surface area contributed by atoms with E-state index in [-0.39, 0.29) is 0 Å². The topological polar surface area (TPSA) is 15.3 Å². The summed E-state index contributed by atoms with van der Waals surface area (Å²) in [6.07, 6.45) is 7.99. The van der Waals surface area contributed by atoms with Crippen LogP contribution in [0.2, 0.25) is 5.02 Å². The summed E-state index contributed by atoms with van der Waals surface area (Å²) in [5.41, 5.74) is 1.41. The normalized spacial score (nSPS) is 30.4. The van der Waals surface area contributed by atoms with Gasteiger partial charge in [0.05, 0.1) is 0 Å². The Morgan fingerprint density at radius 3 is 2.40 bits per heavy atom. The Morgan fingerprint density at radius 1 is 1.15 bits per heavy atom. The van der Waals surface area contributed by atoms with Crippen LogP contribution in [-0.4, -0.2) is 36.6 Å². The highest BCUT2D eigenvalue weighted by Crippen LogP contribution is 2.34. The van der Waals surface area contributed by atoms with Crippen LogP contribution in [0, 0.1) is 0 Å². The number of rotatable bonds is 4. The second kappa shape index (κ2) is 6.46. The first-order valence-corrected chi connectivity index (χ1v) is 8.31. The quantitative estimate of drug-likeness (QED) is 0.914. The van der Waals surface area contributed by atoms with Gasteiger partial charge in [-0.15, -0.1) is 0 Å². The first-order chi connectivity index (χ1) is 9.76. The number of halogens is 1. The van der Waals surface area contributed by atoms with E-state index in [0.29, 0.717) is 0 Å². The van der Waals surface area contributed by atoms with Crippen molar-refractivity contribution in [3.05, 3.63) is 34.9 Å². The van der Waals surface area contributed by atoms with Crippen LogP contribution in [-0.2, 0) is 6.42 Å². The van der Waals surface area contributed by atoms with Crippen molar-refractivity contribution >= 4 is 11.6 Å². The molecule has 3 heteroatoms. The monoisotopic (exact) mass is 292 g/mol. The van der Waals surface area contributed by atoms with Gasteiger partial charge in [-0.3, -0.25) is 4.90 Å². The van der Waals surface area contributed by atoms with Gasteiger partial charge < -0.3 is 5.32 Å². The molecule has 2 bridgehead atoms. The standard InChI is InChI=1S/C17H25ClN2/c1-19-15-11-16-3-2-4-17(12-15)20(16)10-9-13-5-7-14(18)8-6-13/h5-8,15-17,19H,2-4,9-12H2,1H3. The molecular weight excluding hydrogens is 268 g/mol. The van der Waals surface area contributed by atoms with Gasteiger partial charge in [-0.25, -0.2) is 0 Å². The van der Waals surface area contributed by atoms with Gasteiger partial charge in [-0.1, -0.05) is 30.2 Å². The minimum absolute atomic E-state index is 0.733. The average molecular weight is 293 g/mol. The molecule has 0 radical (unpaired) electrons. The maximum Gasteiger partial charge on any atom is 0.0406 e. The van der Waals surface area contributed by atoms with Gasteiger partial charge in [0, 0.05) is 29.7 Å². The molecule has 2 heterocycles. The van der Waals surface area contributed by atoms with E-state index >= 15 is 0 Å². The fourth-order valence-electron chi connectivity index (χ4n) is 3.99. The van der Waals surface area contributed by atoms with Crippen molar-refractivity contribution in [2.75, 3.05) is 13.6 Å². The Bertz CT molecular complexity index is 417. The van der Waals surface area contributed by atoms with Crippen molar-refractivity contribution in [3.8, 4) is 0 Å². The van der Waals surface area contributed by atoms with E-state index in [9.17, 15) is 0 Å². The summed E-state index contributed by atoms with van der Waals surface area (Å²) in [4.78, 5) is 2.78. The summed E-state index contributed by atoms with van der Waals surface area (Å²) in [7, 11) is 2.11. The molecule has 0 spiro atoms. The molecule has 1 aromatic carbocycles. The number of nitrogens with zero attached hydrogens (tertiary/aromatic N) is 1. The zero-order valence-corrected chi connectivity index (χ0v) is 13.1. The Hall–Kier alpha value is -0.570. The highest BCUT2D eigenvalue weighted by molar-refractivity contribution is 6.30. The Morgan fingerprint density at radius 2 is 1.80 bits per heavy atom. The summed E-state index contributed by atoms with van der Waals surface area (Å²) in [6, 6.07) is 10.7. The van der Waals surface area contributed by atoms with Crippen molar-refractivity contribution < 1.29 is 0 Å². The second-order valence-electron chi connectivity index (χ2n) is 6.31. The summed E-state index contributed by atoms with van der Waals surface area (Å²) in [5.74, 6) is 0. The molecule has 2 aliphatic rings. The average Bonchev–Trinajstić information content (AvgIpc) is 2.46. The van der Waals surface area contributed by atoms with E-state index in [2.05, 4.69) is 29.4 Å². The molecule has 0 aliphatic carbocycles. The van der Waals surface area contributed by atoms with Crippen molar-refractivity contribution in [2.45, 2.75) is 56.7 Å². The lowest BCUT2D eigenvalue weighted by Crippen LogP contribution is -2.56. The van der Waals surface area contributed by atoms with Crippen LogP contribution in [0.3, 0.4) is 0 Å². The smallest absolute Gasteiger partial charge is 0.0406 e. The fraction of sp³-hybridized carbons (Fsp3) is 0.647. The van der Waals surface area contributed by atoms with Crippen molar-refractivity contribution in [1.29, 1.82) is 0 Å². The molecule has 2 fully saturated rings. The molecule has 0 amide bonds. The van der Waals surface area contributed by atoms with Gasteiger partial charge in [0.25, 0.3) is 0 Å². The largest absolute Gasteiger partial charge is 0.317 e. The molecule has 2 nitrogen and oxygen atoms in total. The highest BCUT2D eigenvalue weighted by Gasteiger charge is 2.37. The molecule has 2 atom stereocenters. The molecule has 1 aromatic rings. The van der Waals surface area contributed by atoms with Crippen molar-refractivity contribution in [2.24, 2.45) is 0 Å². The zero-order valence-electron chi connectivity index (χ0n) is 12.3. The first-order valence-electron chi connectivity index (χ1n) is 7.93. The molecule has 2 aliphatic heterocycles. The molecule has 2 unspecified atom stereocenters. The van der Waals surface area contributed by atoms with E-state index < -0.39 is 0 Å². The molecule has 0 aromatic heterocycles. The lowest BCUT2D eigenvalue weighted by atomic mass is 9.81. The van der Waals surface area contributed by atoms with E-state index in [1.54, 1.807) is 0 Å². The summed E-state index contributed by atoms with van der Waals surface area (Å²) in [5, 5.41) is 4.33. The molecule has 20 heavy (non-hydrogen) atoms. The van der Waals surface area contributed by atoms with E-state index in [0.717, 1.165) is 29.6 Å². The SMILES string of the molecule is CNC1CC2CCCC(C1)N2CCc1ccc(Cl)cc1. The zero-order chi connectivity index (χ0) is 13.9. The predicted molar refractivity (Wildman–Crippen MR) is 85.4 cm³/mol. The molecule has 1 N–H and O–H groups in total. The van der Waals surface area contributed by atoms with Gasteiger partial charge in [0.2, 0.25) is 0 Å². The second-order valence-corrected chi connectivity index (χ2v) is 6.75. The predicted octanol–water partition coefficient (Wildman–Crippen LogP) is 3.49. The van der Waals surface area contributed by atoms with E-state index in [1.165, 1.54) is 44.2 Å². The summed E-state index contributed by atoms with van der Waals surface area (Å²) < 4.78 is 0. The summed E-state index contributed by atoms with van der Waals surface area (Å²) >= 11 is 5.95. The number of fused-ring (bicyclic) bond motifs is 2. The molecule has 3 rings (SSSR count). The maximum atomic E-state index is 5.95. The van der Waals surface area contributed by atoms with Gasteiger partial charge >= 0.3 is 0 Å². The lowest BCUT2D eigenvalue weighted by molar-refractivity contribution is 0.0271. The van der Waals surface area contributed by atoms with Crippen LogP contribution in [0.4, 0.5) is 0 Å². The molecule has 0 saturated carbocycles.